The lowest BCUT2D eigenvalue weighted by atomic mass is 10.1. The van der Waals surface area contributed by atoms with Crippen LogP contribution in [0.3, 0.4) is 0 Å². The smallest absolute Gasteiger partial charge is 0.267 e. The number of nitrogens with zero attached hydrogens (tertiary/aromatic N) is 1. The molecule has 0 aliphatic carbocycles. The fourth-order valence-corrected chi connectivity index (χ4v) is 3.32. The maximum absolute atomic E-state index is 12.7. The first-order valence-corrected chi connectivity index (χ1v) is 9.33. The first-order valence-electron chi connectivity index (χ1n) is 9.33. The normalized spacial score (nSPS) is 17.7. The maximum atomic E-state index is 12.7. The Labute approximate surface area is 159 Å². The molecule has 0 radical (unpaired) electrons. The van der Waals surface area contributed by atoms with Gasteiger partial charge in [0.05, 0.1) is 0 Å². The summed E-state index contributed by atoms with van der Waals surface area (Å²) in [5, 5.41) is 5.68. The van der Waals surface area contributed by atoms with Crippen LogP contribution in [0, 0.1) is 0 Å². The highest BCUT2D eigenvalue weighted by Crippen LogP contribution is 2.17. The molecule has 1 aromatic heterocycles. The highest BCUT2D eigenvalue weighted by molar-refractivity contribution is 6.05. The van der Waals surface area contributed by atoms with Gasteiger partial charge in [0.1, 0.15) is 5.70 Å². The van der Waals surface area contributed by atoms with Crippen LogP contribution in [0.15, 0.2) is 54.4 Å². The van der Waals surface area contributed by atoms with Crippen molar-refractivity contribution in [2.45, 2.75) is 25.3 Å². The van der Waals surface area contributed by atoms with Crippen LogP contribution in [0.4, 0.5) is 0 Å². The zero-order chi connectivity index (χ0) is 19.1. The van der Waals surface area contributed by atoms with Gasteiger partial charge in [0.15, 0.2) is 0 Å². The van der Waals surface area contributed by atoms with Gasteiger partial charge in [-0.05, 0) is 63.2 Å². The third kappa shape index (κ3) is 5.31. The molecule has 6 nitrogen and oxygen atoms in total. The van der Waals surface area contributed by atoms with Crippen molar-refractivity contribution in [3.63, 3.8) is 0 Å². The van der Waals surface area contributed by atoms with E-state index in [0.29, 0.717) is 18.2 Å². The lowest BCUT2D eigenvalue weighted by Gasteiger charge is -2.19. The molecule has 6 heteroatoms. The Kier molecular flexibility index (Phi) is 6.44. The molecule has 27 heavy (non-hydrogen) atoms. The fraction of sp³-hybridized carbons (Fsp3) is 0.333. The summed E-state index contributed by atoms with van der Waals surface area (Å²) in [4.78, 5) is 30.5. The molecule has 0 saturated carbocycles. The molecule has 142 valence electrons. The van der Waals surface area contributed by atoms with E-state index in [2.05, 4.69) is 27.6 Å². The van der Waals surface area contributed by atoms with Crippen LogP contribution in [-0.2, 0) is 4.79 Å². The van der Waals surface area contributed by atoms with E-state index < -0.39 is 0 Å². The molecule has 3 N–H and O–H groups in total. The Morgan fingerprint density at radius 1 is 1.22 bits per heavy atom. The monoisotopic (exact) mass is 366 g/mol. The van der Waals surface area contributed by atoms with E-state index in [4.69, 9.17) is 0 Å². The van der Waals surface area contributed by atoms with E-state index in [-0.39, 0.29) is 17.5 Å². The minimum absolute atomic E-state index is 0.228. The van der Waals surface area contributed by atoms with Crippen LogP contribution in [0.5, 0.6) is 0 Å². The van der Waals surface area contributed by atoms with Crippen molar-refractivity contribution in [3.8, 4) is 0 Å². The summed E-state index contributed by atoms with van der Waals surface area (Å²) >= 11 is 0. The summed E-state index contributed by atoms with van der Waals surface area (Å²) in [6, 6.07) is 13.1. The van der Waals surface area contributed by atoms with Gasteiger partial charge < -0.3 is 20.5 Å². The predicted molar refractivity (Wildman–Crippen MR) is 106 cm³/mol. The van der Waals surface area contributed by atoms with Crippen LogP contribution < -0.4 is 10.6 Å². The minimum atomic E-state index is -0.306. The topological polar surface area (TPSA) is 77.2 Å². The van der Waals surface area contributed by atoms with Crippen molar-refractivity contribution in [1.82, 2.24) is 20.5 Å². The van der Waals surface area contributed by atoms with Gasteiger partial charge in [-0.3, -0.25) is 9.59 Å². The number of carbonyl (C=O) groups excluding carboxylic acids is 2. The van der Waals surface area contributed by atoms with Gasteiger partial charge >= 0.3 is 0 Å². The largest absolute Gasteiger partial charge is 0.362 e. The fourth-order valence-electron chi connectivity index (χ4n) is 3.32. The number of H-pyrrole nitrogens is 1. The second-order valence-corrected chi connectivity index (χ2v) is 6.82. The van der Waals surface area contributed by atoms with Gasteiger partial charge in [-0.1, -0.05) is 18.2 Å². The molecule has 2 aromatic rings. The number of rotatable bonds is 7. The average Bonchev–Trinajstić information content (AvgIpc) is 3.34. The number of carbonyl (C=O) groups is 2. The van der Waals surface area contributed by atoms with Crippen molar-refractivity contribution in [2.75, 3.05) is 20.1 Å². The molecule has 1 fully saturated rings. The molecule has 0 spiro atoms. The zero-order valence-electron chi connectivity index (χ0n) is 15.6. The maximum Gasteiger partial charge on any atom is 0.267 e. The van der Waals surface area contributed by atoms with E-state index in [9.17, 15) is 9.59 Å². The van der Waals surface area contributed by atoms with Crippen LogP contribution in [0.1, 0.15) is 35.3 Å². The molecular weight excluding hydrogens is 340 g/mol. The van der Waals surface area contributed by atoms with Gasteiger partial charge in [0, 0.05) is 30.0 Å². The number of aromatic amines is 1. The van der Waals surface area contributed by atoms with Crippen molar-refractivity contribution < 1.29 is 9.59 Å². The summed E-state index contributed by atoms with van der Waals surface area (Å²) in [7, 11) is 2.12. The van der Waals surface area contributed by atoms with Crippen LogP contribution >= 0.6 is 0 Å². The molecule has 1 aliphatic heterocycles. The number of amides is 2. The van der Waals surface area contributed by atoms with Crippen LogP contribution in [0.2, 0.25) is 0 Å². The number of hydrogen-bond donors (Lipinski definition) is 3. The Morgan fingerprint density at radius 2 is 2.04 bits per heavy atom. The Balaban J connectivity index is 1.64. The van der Waals surface area contributed by atoms with Gasteiger partial charge in [0.2, 0.25) is 0 Å². The Hall–Kier alpha value is -2.86. The molecular formula is C21H26N4O2. The molecule has 3 rings (SSSR count). The molecule has 1 aromatic carbocycles. The minimum Gasteiger partial charge on any atom is -0.362 e. The second kappa shape index (κ2) is 9.19. The molecule has 1 atom stereocenters. The SMILES string of the molecule is CN1CCCC1CCNC(=O)C(=Cc1ccc[nH]1)NC(=O)c1ccccc1. The Bertz CT molecular complexity index is 784. The molecule has 1 saturated heterocycles. The summed E-state index contributed by atoms with van der Waals surface area (Å²) in [6.45, 7) is 1.70. The van der Waals surface area contributed by atoms with Crippen LogP contribution in [-0.4, -0.2) is 47.9 Å². The third-order valence-corrected chi connectivity index (χ3v) is 4.89. The summed E-state index contributed by atoms with van der Waals surface area (Å²) < 4.78 is 0. The van der Waals surface area contributed by atoms with Crippen molar-refractivity contribution in [2.24, 2.45) is 0 Å². The van der Waals surface area contributed by atoms with Crippen molar-refractivity contribution >= 4 is 17.9 Å². The zero-order valence-corrected chi connectivity index (χ0v) is 15.6. The van der Waals surface area contributed by atoms with Gasteiger partial charge in [-0.2, -0.15) is 0 Å². The van der Waals surface area contributed by atoms with Gasteiger partial charge in [-0.15, -0.1) is 0 Å². The molecule has 2 amide bonds. The molecule has 0 bridgehead atoms. The quantitative estimate of drug-likeness (QED) is 0.659. The number of benzene rings is 1. The lowest BCUT2D eigenvalue weighted by molar-refractivity contribution is -0.117. The van der Waals surface area contributed by atoms with E-state index in [1.165, 1.54) is 12.8 Å². The van der Waals surface area contributed by atoms with E-state index in [0.717, 1.165) is 18.7 Å². The highest BCUT2D eigenvalue weighted by atomic mass is 16.2. The van der Waals surface area contributed by atoms with Crippen molar-refractivity contribution in [3.05, 3.63) is 65.6 Å². The van der Waals surface area contributed by atoms with Gasteiger partial charge in [-0.25, -0.2) is 0 Å². The standard InChI is InChI=1S/C21H26N4O2/c1-25-14-6-10-18(25)11-13-23-21(27)19(15-17-9-5-12-22-17)24-20(26)16-7-3-2-4-8-16/h2-5,7-9,12,15,18,22H,6,10-11,13-14H2,1H3,(H,23,27)(H,24,26). The number of likely N-dealkylation sites (tertiary alicyclic amines) is 1. The number of aromatic nitrogens is 1. The number of hydrogen-bond acceptors (Lipinski definition) is 3. The van der Waals surface area contributed by atoms with E-state index >= 15 is 0 Å². The summed E-state index contributed by atoms with van der Waals surface area (Å²) in [5.74, 6) is -0.589. The summed E-state index contributed by atoms with van der Waals surface area (Å²) in [5.41, 5.74) is 1.49. The van der Waals surface area contributed by atoms with Crippen molar-refractivity contribution in [1.29, 1.82) is 0 Å². The predicted octanol–water partition coefficient (Wildman–Crippen LogP) is 2.39. The third-order valence-electron chi connectivity index (χ3n) is 4.89. The first kappa shape index (κ1) is 18.9. The lowest BCUT2D eigenvalue weighted by Crippen LogP contribution is -2.37. The van der Waals surface area contributed by atoms with Gasteiger partial charge in [0.25, 0.3) is 11.8 Å². The van der Waals surface area contributed by atoms with Crippen LogP contribution in [0.25, 0.3) is 6.08 Å². The van der Waals surface area contributed by atoms with E-state index in [1.807, 2.05) is 18.2 Å². The average molecular weight is 366 g/mol. The molecule has 2 heterocycles. The first-order chi connectivity index (χ1) is 13.1. The highest BCUT2D eigenvalue weighted by Gasteiger charge is 2.21. The second-order valence-electron chi connectivity index (χ2n) is 6.82. The number of nitrogens with one attached hydrogen (secondary N) is 3. The van der Waals surface area contributed by atoms with E-state index in [1.54, 1.807) is 36.5 Å². The Morgan fingerprint density at radius 3 is 2.70 bits per heavy atom. The summed E-state index contributed by atoms with van der Waals surface area (Å²) in [6.07, 6.45) is 6.71. The molecule has 1 unspecified atom stereocenters. The molecule has 1 aliphatic rings.